The normalized spacial score (nSPS) is 18.6. The zero-order valence-electron chi connectivity index (χ0n) is 4.81. The first kappa shape index (κ1) is 5.15. The number of nitrogens with two attached hydrogens (primary N) is 1. The van der Waals surface area contributed by atoms with Crippen molar-refractivity contribution in [3.63, 3.8) is 0 Å². The third-order valence-electron chi connectivity index (χ3n) is 0.972. The van der Waals surface area contributed by atoms with E-state index in [1.54, 1.807) is 6.20 Å². The minimum absolute atomic E-state index is 0.649. The van der Waals surface area contributed by atoms with Gasteiger partial charge in [0.05, 0.1) is 12.7 Å². The van der Waals surface area contributed by atoms with Gasteiger partial charge in [-0.15, -0.1) is 0 Å². The molecule has 0 fully saturated rings. The predicted molar refractivity (Wildman–Crippen MR) is 33.4 cm³/mol. The van der Waals surface area contributed by atoms with Gasteiger partial charge in [0.15, 0.2) is 0 Å². The topological polar surface area (TPSA) is 50.4 Å². The van der Waals surface area contributed by atoms with Crippen molar-refractivity contribution >= 4 is 5.71 Å². The number of rotatable bonds is 0. The second-order valence-corrected chi connectivity index (χ2v) is 1.80. The average molecular weight is 111 g/mol. The van der Waals surface area contributed by atoms with Crippen molar-refractivity contribution in [3.05, 3.63) is 12.0 Å². The Hall–Kier alpha value is -0.990. The highest BCUT2D eigenvalue weighted by molar-refractivity contribution is 5.85. The molecule has 0 radical (unpaired) electrons. The zero-order chi connectivity index (χ0) is 5.98. The van der Waals surface area contributed by atoms with Crippen LogP contribution in [0.5, 0.6) is 0 Å². The lowest BCUT2D eigenvalue weighted by Crippen LogP contribution is -2.27. The maximum absolute atomic E-state index is 5.34. The summed E-state index contributed by atoms with van der Waals surface area (Å²) in [6.45, 7) is 2.73. The Kier molecular flexibility index (Phi) is 1.20. The van der Waals surface area contributed by atoms with Crippen LogP contribution in [0.3, 0.4) is 0 Å². The van der Waals surface area contributed by atoms with E-state index in [0.717, 1.165) is 12.3 Å². The molecule has 3 nitrogen and oxygen atoms in total. The molecule has 1 aliphatic rings. The van der Waals surface area contributed by atoms with Crippen LogP contribution < -0.4 is 11.1 Å². The molecule has 0 atom stereocenters. The van der Waals surface area contributed by atoms with Gasteiger partial charge in [-0.1, -0.05) is 0 Å². The molecule has 0 saturated carbocycles. The fraction of sp³-hybridized carbons (Fsp3) is 0.400. The third kappa shape index (κ3) is 0.992. The highest BCUT2D eigenvalue weighted by atomic mass is 15.0. The summed E-state index contributed by atoms with van der Waals surface area (Å²) in [5.74, 6) is 0.649. The summed E-state index contributed by atoms with van der Waals surface area (Å²) in [5.41, 5.74) is 6.41. The molecular formula is C5H9N3. The molecule has 0 amide bonds. The number of hydrogen-bond donors (Lipinski definition) is 2. The van der Waals surface area contributed by atoms with Gasteiger partial charge in [0, 0.05) is 5.71 Å². The minimum Gasteiger partial charge on any atom is -0.384 e. The molecule has 1 rings (SSSR count). The highest BCUT2D eigenvalue weighted by Gasteiger charge is 1.95. The van der Waals surface area contributed by atoms with Crippen LogP contribution >= 0.6 is 0 Å². The van der Waals surface area contributed by atoms with Gasteiger partial charge in [-0.05, 0) is 6.92 Å². The minimum atomic E-state index is 0.649. The van der Waals surface area contributed by atoms with E-state index in [1.165, 1.54) is 0 Å². The Morgan fingerprint density at radius 2 is 2.62 bits per heavy atom. The molecule has 0 aliphatic carbocycles. The molecule has 0 saturated heterocycles. The first-order valence-corrected chi connectivity index (χ1v) is 2.52. The van der Waals surface area contributed by atoms with Crippen molar-refractivity contribution < 1.29 is 0 Å². The molecule has 1 heterocycles. The van der Waals surface area contributed by atoms with E-state index in [4.69, 9.17) is 5.73 Å². The molecule has 0 aromatic carbocycles. The van der Waals surface area contributed by atoms with Gasteiger partial charge in [-0.25, -0.2) is 0 Å². The summed E-state index contributed by atoms with van der Waals surface area (Å²) in [6.07, 6.45) is 1.62. The van der Waals surface area contributed by atoms with Crippen molar-refractivity contribution in [3.8, 4) is 0 Å². The molecule has 1 aliphatic heterocycles. The molecule has 3 heteroatoms. The lowest BCUT2D eigenvalue weighted by atomic mass is 10.4. The van der Waals surface area contributed by atoms with Gasteiger partial charge >= 0.3 is 0 Å². The molecule has 0 aromatic heterocycles. The van der Waals surface area contributed by atoms with E-state index in [2.05, 4.69) is 10.3 Å². The van der Waals surface area contributed by atoms with Crippen LogP contribution in [0.2, 0.25) is 0 Å². The number of nitrogens with zero attached hydrogens (tertiary/aromatic N) is 1. The van der Waals surface area contributed by atoms with Gasteiger partial charge in [0.2, 0.25) is 0 Å². The molecular weight excluding hydrogens is 102 g/mol. The summed E-state index contributed by atoms with van der Waals surface area (Å²) < 4.78 is 0. The Morgan fingerprint density at radius 3 is 3.00 bits per heavy atom. The first-order valence-electron chi connectivity index (χ1n) is 2.52. The highest BCUT2D eigenvalue weighted by Crippen LogP contribution is 1.88. The van der Waals surface area contributed by atoms with Crippen LogP contribution in [0.1, 0.15) is 6.92 Å². The van der Waals surface area contributed by atoms with Crippen LogP contribution in [0, 0.1) is 0 Å². The predicted octanol–water partition coefficient (Wildman–Crippen LogP) is -0.192. The molecule has 0 spiro atoms. The second-order valence-electron chi connectivity index (χ2n) is 1.80. The molecule has 44 valence electrons. The van der Waals surface area contributed by atoms with Crippen molar-refractivity contribution in [2.24, 2.45) is 10.7 Å². The van der Waals surface area contributed by atoms with Crippen molar-refractivity contribution in [2.45, 2.75) is 6.92 Å². The van der Waals surface area contributed by atoms with E-state index in [0.29, 0.717) is 5.82 Å². The van der Waals surface area contributed by atoms with Crippen LogP contribution in [0.15, 0.2) is 17.0 Å². The Morgan fingerprint density at radius 1 is 1.88 bits per heavy atom. The first-order chi connectivity index (χ1) is 3.79. The summed E-state index contributed by atoms with van der Waals surface area (Å²) in [7, 11) is 0. The third-order valence-corrected chi connectivity index (χ3v) is 0.972. The van der Waals surface area contributed by atoms with E-state index in [9.17, 15) is 0 Å². The van der Waals surface area contributed by atoms with Crippen LogP contribution in [0.25, 0.3) is 0 Å². The van der Waals surface area contributed by atoms with Crippen molar-refractivity contribution in [1.29, 1.82) is 0 Å². The van der Waals surface area contributed by atoms with Crippen molar-refractivity contribution in [1.82, 2.24) is 5.32 Å². The van der Waals surface area contributed by atoms with E-state index in [-0.39, 0.29) is 0 Å². The fourth-order valence-corrected chi connectivity index (χ4v) is 0.501. The molecule has 8 heavy (non-hydrogen) atoms. The van der Waals surface area contributed by atoms with E-state index >= 15 is 0 Å². The molecule has 0 bridgehead atoms. The number of nitrogens with one attached hydrogen (secondary N) is 1. The lowest BCUT2D eigenvalue weighted by molar-refractivity contribution is 0.880. The van der Waals surface area contributed by atoms with Crippen LogP contribution in [-0.4, -0.2) is 12.3 Å². The fourth-order valence-electron chi connectivity index (χ4n) is 0.501. The summed E-state index contributed by atoms with van der Waals surface area (Å²) >= 11 is 0. The summed E-state index contributed by atoms with van der Waals surface area (Å²) in [6, 6.07) is 0. The van der Waals surface area contributed by atoms with Gasteiger partial charge in [0.1, 0.15) is 5.82 Å². The van der Waals surface area contributed by atoms with Crippen LogP contribution in [-0.2, 0) is 0 Å². The van der Waals surface area contributed by atoms with Gasteiger partial charge in [-0.3, -0.25) is 4.99 Å². The standard InChI is InChI=1S/C5H9N3/c1-4-2-8-5(6)3-7-4/h3,8H,2,6H2,1H3. The number of hydrogen-bond acceptors (Lipinski definition) is 3. The lowest BCUT2D eigenvalue weighted by Gasteiger charge is -2.08. The smallest absolute Gasteiger partial charge is 0.115 e. The van der Waals surface area contributed by atoms with Crippen LogP contribution in [0.4, 0.5) is 0 Å². The van der Waals surface area contributed by atoms with E-state index in [1.807, 2.05) is 6.92 Å². The zero-order valence-corrected chi connectivity index (χ0v) is 4.81. The van der Waals surface area contributed by atoms with E-state index < -0.39 is 0 Å². The SMILES string of the molecule is CC1=NC=C(N)NC1. The number of aliphatic imine (C=N–C) groups is 1. The Labute approximate surface area is 48.3 Å². The van der Waals surface area contributed by atoms with Gasteiger partial charge in [0.25, 0.3) is 0 Å². The maximum atomic E-state index is 5.34. The van der Waals surface area contributed by atoms with Crippen molar-refractivity contribution in [2.75, 3.05) is 6.54 Å². The molecule has 0 aromatic rings. The molecule has 3 N–H and O–H groups in total. The maximum Gasteiger partial charge on any atom is 0.115 e. The molecule has 0 unspecified atom stereocenters. The second kappa shape index (κ2) is 1.86. The average Bonchev–Trinajstić information content (AvgIpc) is 1.77. The summed E-state index contributed by atoms with van der Waals surface area (Å²) in [5, 5.41) is 2.94. The van der Waals surface area contributed by atoms with Gasteiger partial charge < -0.3 is 11.1 Å². The quantitative estimate of drug-likeness (QED) is 0.455. The Balaban J connectivity index is 2.65. The van der Waals surface area contributed by atoms with Gasteiger partial charge in [-0.2, -0.15) is 0 Å². The largest absolute Gasteiger partial charge is 0.384 e. The summed E-state index contributed by atoms with van der Waals surface area (Å²) in [4.78, 5) is 3.98. The monoisotopic (exact) mass is 111 g/mol. The Bertz CT molecular complexity index is 128.